The number of hydrogen-bond donors (Lipinski definition) is 2. The molecule has 0 radical (unpaired) electrons. The molecule has 0 aliphatic heterocycles. The van der Waals surface area contributed by atoms with E-state index in [2.05, 4.69) is 10.6 Å². The van der Waals surface area contributed by atoms with Gasteiger partial charge < -0.3 is 15.4 Å². The Kier molecular flexibility index (Phi) is 5.30. The van der Waals surface area contributed by atoms with Crippen molar-refractivity contribution in [3.05, 3.63) is 24.0 Å². The first-order valence-electron chi connectivity index (χ1n) is 6.39. The lowest BCUT2D eigenvalue weighted by atomic mass is 10.0. The van der Waals surface area contributed by atoms with E-state index in [9.17, 15) is 9.18 Å². The Bertz CT molecular complexity index is 447. The van der Waals surface area contributed by atoms with E-state index in [0.717, 1.165) is 0 Å². The molecule has 1 amide bonds. The molecule has 5 heteroatoms. The minimum atomic E-state index is -0.702. The van der Waals surface area contributed by atoms with Crippen LogP contribution < -0.4 is 15.4 Å². The fraction of sp³-hybridized carbons (Fsp3) is 0.500. The summed E-state index contributed by atoms with van der Waals surface area (Å²) in [6.45, 7) is 8.40. The summed E-state index contributed by atoms with van der Waals surface area (Å²) < 4.78 is 18.5. The molecule has 0 saturated heterocycles. The van der Waals surface area contributed by atoms with E-state index in [1.807, 2.05) is 6.92 Å². The number of rotatable bonds is 6. The van der Waals surface area contributed by atoms with Crippen LogP contribution in [0.4, 0.5) is 10.1 Å². The lowest BCUT2D eigenvalue weighted by Crippen LogP contribution is -2.49. The molecular weight excluding hydrogens is 247 g/mol. The minimum absolute atomic E-state index is 0.193. The van der Waals surface area contributed by atoms with Crippen LogP contribution in [0.5, 0.6) is 5.75 Å². The Morgan fingerprint density at radius 3 is 2.63 bits per heavy atom. The summed E-state index contributed by atoms with van der Waals surface area (Å²) in [6.07, 6.45) is 0. The zero-order valence-corrected chi connectivity index (χ0v) is 11.8. The van der Waals surface area contributed by atoms with Gasteiger partial charge in [0.15, 0.2) is 0 Å². The van der Waals surface area contributed by atoms with Gasteiger partial charge in [-0.3, -0.25) is 4.79 Å². The van der Waals surface area contributed by atoms with Crippen molar-refractivity contribution in [1.82, 2.24) is 5.32 Å². The predicted molar refractivity (Wildman–Crippen MR) is 74.0 cm³/mol. The van der Waals surface area contributed by atoms with Crippen molar-refractivity contribution in [2.75, 3.05) is 18.5 Å². The van der Waals surface area contributed by atoms with E-state index in [4.69, 9.17) is 4.74 Å². The smallest absolute Gasteiger partial charge is 0.244 e. The summed E-state index contributed by atoms with van der Waals surface area (Å²) in [6, 6.07) is 4.05. The van der Waals surface area contributed by atoms with E-state index >= 15 is 0 Å². The number of nitrogens with one attached hydrogen (secondary N) is 2. The molecule has 19 heavy (non-hydrogen) atoms. The number of likely N-dealkylation sites (N-methyl/N-ethyl adjacent to an activating group) is 1. The molecule has 0 fully saturated rings. The highest BCUT2D eigenvalue weighted by Crippen LogP contribution is 2.26. The van der Waals surface area contributed by atoms with Crippen LogP contribution in [0, 0.1) is 5.82 Å². The first kappa shape index (κ1) is 15.4. The molecule has 0 aromatic heterocycles. The topological polar surface area (TPSA) is 50.4 Å². The third-order valence-electron chi connectivity index (χ3n) is 2.68. The molecule has 0 saturated carbocycles. The van der Waals surface area contributed by atoms with E-state index in [0.29, 0.717) is 24.6 Å². The van der Waals surface area contributed by atoms with Crippen LogP contribution in [0.1, 0.15) is 27.7 Å². The van der Waals surface area contributed by atoms with Crippen LogP contribution in [-0.2, 0) is 4.79 Å². The molecule has 0 spiro atoms. The molecule has 0 bridgehead atoms. The van der Waals surface area contributed by atoms with Crippen molar-refractivity contribution in [3.63, 3.8) is 0 Å². The van der Waals surface area contributed by atoms with Crippen molar-refractivity contribution in [2.24, 2.45) is 0 Å². The number of amides is 1. The van der Waals surface area contributed by atoms with Gasteiger partial charge in [-0.15, -0.1) is 0 Å². The second kappa shape index (κ2) is 6.52. The van der Waals surface area contributed by atoms with Gasteiger partial charge in [-0.25, -0.2) is 4.39 Å². The minimum Gasteiger partial charge on any atom is -0.492 e. The van der Waals surface area contributed by atoms with Gasteiger partial charge in [0.2, 0.25) is 5.91 Å². The first-order chi connectivity index (χ1) is 8.90. The molecule has 0 atom stereocenters. The normalized spacial score (nSPS) is 11.2. The Balaban J connectivity index is 2.90. The third-order valence-corrected chi connectivity index (χ3v) is 2.68. The molecule has 0 aliphatic rings. The maximum Gasteiger partial charge on any atom is 0.244 e. The van der Waals surface area contributed by atoms with Gasteiger partial charge in [0.1, 0.15) is 11.6 Å². The number of hydrogen-bond acceptors (Lipinski definition) is 3. The number of benzene rings is 1. The highest BCUT2D eigenvalue weighted by Gasteiger charge is 2.26. The van der Waals surface area contributed by atoms with Crippen LogP contribution in [-0.4, -0.2) is 24.6 Å². The lowest BCUT2D eigenvalue weighted by molar-refractivity contribution is -0.121. The van der Waals surface area contributed by atoms with Crippen LogP contribution >= 0.6 is 0 Å². The molecule has 0 unspecified atom stereocenters. The maximum atomic E-state index is 13.2. The van der Waals surface area contributed by atoms with Crippen molar-refractivity contribution in [3.8, 4) is 5.75 Å². The van der Waals surface area contributed by atoms with Crippen LogP contribution in [0.3, 0.4) is 0 Å². The summed E-state index contributed by atoms with van der Waals surface area (Å²) >= 11 is 0. The standard InChI is InChI=1S/C14H21FN2O2/c1-5-16-14(3,4)13(18)17-11-8-7-10(15)9-12(11)19-6-2/h7-9,16H,5-6H2,1-4H3,(H,17,18). The average Bonchev–Trinajstić information content (AvgIpc) is 2.32. The first-order valence-corrected chi connectivity index (χ1v) is 6.39. The highest BCUT2D eigenvalue weighted by molar-refractivity contribution is 5.98. The lowest BCUT2D eigenvalue weighted by Gasteiger charge is -2.25. The number of ether oxygens (including phenoxy) is 1. The molecule has 1 aromatic rings. The molecule has 0 aliphatic carbocycles. The SMILES string of the molecule is CCNC(C)(C)C(=O)Nc1ccc(F)cc1OCC. The van der Waals surface area contributed by atoms with Gasteiger partial charge in [-0.2, -0.15) is 0 Å². The number of carbonyl (C=O) groups is 1. The quantitative estimate of drug-likeness (QED) is 0.833. The Morgan fingerprint density at radius 2 is 2.05 bits per heavy atom. The summed E-state index contributed by atoms with van der Waals surface area (Å²) in [5, 5.41) is 5.83. The fourth-order valence-corrected chi connectivity index (χ4v) is 1.68. The number of anilines is 1. The van der Waals surface area contributed by atoms with Crippen molar-refractivity contribution in [1.29, 1.82) is 0 Å². The largest absolute Gasteiger partial charge is 0.492 e. The number of halogens is 1. The van der Waals surface area contributed by atoms with Crippen molar-refractivity contribution < 1.29 is 13.9 Å². The summed E-state index contributed by atoms with van der Waals surface area (Å²) in [5.74, 6) is -0.252. The van der Waals surface area contributed by atoms with E-state index in [1.165, 1.54) is 18.2 Å². The molecule has 2 N–H and O–H groups in total. The predicted octanol–water partition coefficient (Wildman–Crippen LogP) is 2.55. The fourth-order valence-electron chi connectivity index (χ4n) is 1.68. The van der Waals surface area contributed by atoms with Crippen molar-refractivity contribution in [2.45, 2.75) is 33.2 Å². The molecule has 1 aromatic carbocycles. The second-order valence-corrected chi connectivity index (χ2v) is 4.68. The molecule has 106 valence electrons. The van der Waals surface area contributed by atoms with Crippen molar-refractivity contribution >= 4 is 11.6 Å². The van der Waals surface area contributed by atoms with Gasteiger partial charge in [-0.05, 0) is 39.4 Å². The second-order valence-electron chi connectivity index (χ2n) is 4.68. The summed E-state index contributed by atoms with van der Waals surface area (Å²) in [4.78, 5) is 12.1. The monoisotopic (exact) mass is 268 g/mol. The Hall–Kier alpha value is -1.62. The van der Waals surface area contributed by atoms with E-state index in [-0.39, 0.29) is 5.91 Å². The van der Waals surface area contributed by atoms with Crippen LogP contribution in [0.25, 0.3) is 0 Å². The zero-order valence-electron chi connectivity index (χ0n) is 11.8. The van der Waals surface area contributed by atoms with Gasteiger partial charge in [-0.1, -0.05) is 6.92 Å². The average molecular weight is 268 g/mol. The van der Waals surface area contributed by atoms with Gasteiger partial charge in [0.25, 0.3) is 0 Å². The van der Waals surface area contributed by atoms with E-state index < -0.39 is 11.4 Å². The third kappa shape index (κ3) is 4.21. The number of carbonyl (C=O) groups excluding carboxylic acids is 1. The van der Waals surface area contributed by atoms with Gasteiger partial charge in [0, 0.05) is 6.07 Å². The van der Waals surface area contributed by atoms with Gasteiger partial charge in [0.05, 0.1) is 17.8 Å². The Morgan fingerprint density at radius 1 is 1.37 bits per heavy atom. The summed E-state index contributed by atoms with van der Waals surface area (Å²) in [7, 11) is 0. The highest BCUT2D eigenvalue weighted by atomic mass is 19.1. The molecule has 1 rings (SSSR count). The molecule has 0 heterocycles. The maximum absolute atomic E-state index is 13.2. The van der Waals surface area contributed by atoms with Crippen LogP contribution in [0.2, 0.25) is 0 Å². The zero-order chi connectivity index (χ0) is 14.5. The van der Waals surface area contributed by atoms with E-state index in [1.54, 1.807) is 20.8 Å². The molecular formula is C14H21FN2O2. The summed E-state index contributed by atoms with van der Waals surface area (Å²) in [5.41, 5.74) is -0.230. The Labute approximate surface area is 113 Å². The van der Waals surface area contributed by atoms with Crippen LogP contribution in [0.15, 0.2) is 18.2 Å². The van der Waals surface area contributed by atoms with Gasteiger partial charge >= 0.3 is 0 Å². The molecule has 4 nitrogen and oxygen atoms in total.